The van der Waals surface area contributed by atoms with Crippen LogP contribution in [0.25, 0.3) is 11.4 Å². The molecule has 184 valence electrons. The van der Waals surface area contributed by atoms with Crippen LogP contribution in [0.5, 0.6) is 0 Å². The van der Waals surface area contributed by atoms with E-state index in [0.29, 0.717) is 43.3 Å². The highest BCUT2D eigenvalue weighted by Crippen LogP contribution is 2.29. The molecule has 0 unspecified atom stereocenters. The van der Waals surface area contributed by atoms with Crippen molar-refractivity contribution in [2.24, 2.45) is 0 Å². The number of carbonyl (C=O) groups excluding carboxylic acids is 2. The third kappa shape index (κ3) is 6.13. The Kier molecular flexibility index (Phi) is 7.30. The number of aromatic nitrogens is 2. The van der Waals surface area contributed by atoms with Gasteiger partial charge in [-0.3, -0.25) is 9.59 Å². The molecule has 4 rings (SSSR count). The highest BCUT2D eigenvalue weighted by atomic mass is 32.2. The number of hydrogen-bond donors (Lipinski definition) is 1. The molecule has 1 fully saturated rings. The quantitative estimate of drug-likeness (QED) is 0.530. The van der Waals surface area contributed by atoms with Crippen LogP contribution < -0.4 is 5.32 Å². The molecule has 3 aromatic rings. The van der Waals surface area contributed by atoms with Gasteiger partial charge in [0.15, 0.2) is 9.84 Å². The Balaban J connectivity index is 1.29. The Hall–Kier alpha value is -3.53. The summed E-state index contributed by atoms with van der Waals surface area (Å²) < 4.78 is 30.6. The molecule has 1 aliphatic rings. The van der Waals surface area contributed by atoms with Gasteiger partial charge in [-0.15, -0.1) is 0 Å². The minimum atomic E-state index is -3.50. The molecule has 2 aromatic carbocycles. The number of piperidine rings is 1. The maximum atomic E-state index is 12.6. The summed E-state index contributed by atoms with van der Waals surface area (Å²) in [5.74, 6) is 0.522. The van der Waals surface area contributed by atoms with Gasteiger partial charge in [-0.05, 0) is 56.2 Å². The van der Waals surface area contributed by atoms with Crippen molar-refractivity contribution in [3.05, 3.63) is 60.0 Å². The molecule has 2 heterocycles. The highest BCUT2D eigenvalue weighted by molar-refractivity contribution is 7.91. The molecule has 35 heavy (non-hydrogen) atoms. The van der Waals surface area contributed by atoms with Gasteiger partial charge >= 0.3 is 0 Å². The normalized spacial score (nSPS) is 14.6. The van der Waals surface area contributed by atoms with E-state index >= 15 is 0 Å². The Bertz CT molecular complexity index is 1290. The first-order chi connectivity index (χ1) is 16.7. The summed E-state index contributed by atoms with van der Waals surface area (Å²) in [4.78, 5) is 30.3. The minimum Gasteiger partial charge on any atom is -0.343 e. The second kappa shape index (κ2) is 10.4. The van der Waals surface area contributed by atoms with Crippen LogP contribution in [0, 0.1) is 6.92 Å². The Morgan fingerprint density at radius 2 is 1.71 bits per heavy atom. The van der Waals surface area contributed by atoms with Crippen LogP contribution in [0.2, 0.25) is 0 Å². The van der Waals surface area contributed by atoms with E-state index in [9.17, 15) is 18.0 Å². The number of hydrogen-bond acceptors (Lipinski definition) is 7. The second-order valence-corrected chi connectivity index (χ2v) is 10.9. The molecular weight excluding hydrogens is 468 g/mol. The fourth-order valence-electron chi connectivity index (χ4n) is 4.04. The first-order valence-electron chi connectivity index (χ1n) is 11.5. The average molecular weight is 497 g/mol. The molecule has 0 radical (unpaired) electrons. The van der Waals surface area contributed by atoms with Gasteiger partial charge in [0.1, 0.15) is 0 Å². The molecule has 9 nitrogen and oxygen atoms in total. The molecule has 0 spiro atoms. The van der Waals surface area contributed by atoms with Crippen LogP contribution in [0.4, 0.5) is 5.69 Å². The van der Waals surface area contributed by atoms with E-state index in [4.69, 9.17) is 4.52 Å². The summed E-state index contributed by atoms with van der Waals surface area (Å²) in [5, 5.41) is 6.79. The van der Waals surface area contributed by atoms with E-state index in [2.05, 4.69) is 15.5 Å². The number of likely N-dealkylation sites (tertiary alicyclic amines) is 1. The van der Waals surface area contributed by atoms with Crippen molar-refractivity contribution in [1.29, 1.82) is 0 Å². The van der Waals surface area contributed by atoms with Crippen molar-refractivity contribution in [3.63, 3.8) is 0 Å². The Morgan fingerprint density at radius 3 is 2.34 bits per heavy atom. The maximum absolute atomic E-state index is 12.6. The molecule has 1 N–H and O–H groups in total. The van der Waals surface area contributed by atoms with E-state index in [-0.39, 0.29) is 34.8 Å². The van der Waals surface area contributed by atoms with Gasteiger partial charge < -0.3 is 14.7 Å². The lowest BCUT2D eigenvalue weighted by Crippen LogP contribution is -2.38. The van der Waals surface area contributed by atoms with Crippen LogP contribution in [0.1, 0.15) is 43.6 Å². The third-order valence-corrected chi connectivity index (χ3v) is 7.80. The Labute approximate surface area is 204 Å². The van der Waals surface area contributed by atoms with Crippen molar-refractivity contribution in [2.75, 3.05) is 24.2 Å². The maximum Gasteiger partial charge on any atom is 0.230 e. The Morgan fingerprint density at radius 1 is 1.06 bits per heavy atom. The van der Waals surface area contributed by atoms with Crippen LogP contribution in [-0.4, -0.2) is 54.1 Å². The third-order valence-electron chi connectivity index (χ3n) is 6.07. The SMILES string of the molecule is CC(=O)Nc1ccc(-c2noc(C3CCN(C(=O)CCS(=O)(=O)c4ccc(C)cc4)CC3)n2)cc1. The standard InChI is InChI=1S/C25H28N4O5S/c1-17-3-9-22(10-4-17)35(32,33)16-13-23(31)29-14-11-20(12-15-29)25-27-24(28-34-25)19-5-7-21(8-6-19)26-18(2)30/h3-10,20H,11-16H2,1-2H3,(H,26,30). The molecule has 2 amide bonds. The monoisotopic (exact) mass is 496 g/mol. The van der Waals surface area contributed by atoms with Crippen molar-refractivity contribution >= 4 is 27.3 Å². The molecule has 1 aromatic heterocycles. The number of sulfone groups is 1. The summed E-state index contributed by atoms with van der Waals surface area (Å²) in [5.41, 5.74) is 2.45. The van der Waals surface area contributed by atoms with Gasteiger partial charge in [-0.25, -0.2) is 8.42 Å². The number of carbonyl (C=O) groups is 2. The van der Waals surface area contributed by atoms with Crippen molar-refractivity contribution < 1.29 is 22.5 Å². The number of rotatable bonds is 7. The van der Waals surface area contributed by atoms with Crippen molar-refractivity contribution in [3.8, 4) is 11.4 Å². The predicted molar refractivity (Wildman–Crippen MR) is 130 cm³/mol. The summed E-state index contributed by atoms with van der Waals surface area (Å²) >= 11 is 0. The molecule has 0 bridgehead atoms. The zero-order chi connectivity index (χ0) is 25.0. The number of nitrogens with zero attached hydrogens (tertiary/aromatic N) is 3. The number of amides is 2. The molecular formula is C25H28N4O5S. The van der Waals surface area contributed by atoms with Crippen molar-refractivity contribution in [1.82, 2.24) is 15.0 Å². The average Bonchev–Trinajstić information content (AvgIpc) is 3.33. The van der Waals surface area contributed by atoms with E-state index in [0.717, 1.165) is 11.1 Å². The number of aryl methyl sites for hydroxylation is 1. The van der Waals surface area contributed by atoms with Crippen LogP contribution in [0.3, 0.4) is 0 Å². The fraction of sp³-hybridized carbons (Fsp3) is 0.360. The zero-order valence-electron chi connectivity index (χ0n) is 19.7. The van der Waals surface area contributed by atoms with E-state index < -0.39 is 9.84 Å². The van der Waals surface area contributed by atoms with Gasteiger partial charge in [-0.2, -0.15) is 4.98 Å². The second-order valence-electron chi connectivity index (χ2n) is 8.75. The smallest absolute Gasteiger partial charge is 0.230 e. The topological polar surface area (TPSA) is 122 Å². The first kappa shape index (κ1) is 24.6. The lowest BCUT2D eigenvalue weighted by Gasteiger charge is -2.30. The predicted octanol–water partition coefficient (Wildman–Crippen LogP) is 3.57. The lowest BCUT2D eigenvalue weighted by atomic mass is 9.96. The van der Waals surface area contributed by atoms with Gasteiger partial charge in [0.25, 0.3) is 0 Å². The van der Waals surface area contributed by atoms with Crippen LogP contribution in [0.15, 0.2) is 57.9 Å². The van der Waals surface area contributed by atoms with Gasteiger partial charge in [0.2, 0.25) is 23.5 Å². The van der Waals surface area contributed by atoms with Crippen molar-refractivity contribution in [2.45, 2.75) is 43.9 Å². The number of anilines is 1. The molecule has 0 aliphatic carbocycles. The van der Waals surface area contributed by atoms with Gasteiger partial charge in [-0.1, -0.05) is 22.9 Å². The van der Waals surface area contributed by atoms with Gasteiger partial charge in [0.05, 0.1) is 10.6 Å². The number of benzene rings is 2. The van der Waals surface area contributed by atoms with Crippen LogP contribution in [-0.2, 0) is 19.4 Å². The summed E-state index contributed by atoms with van der Waals surface area (Å²) in [7, 11) is -3.50. The fourth-order valence-corrected chi connectivity index (χ4v) is 5.27. The minimum absolute atomic E-state index is 0.0373. The van der Waals surface area contributed by atoms with Gasteiger partial charge in [0, 0.05) is 43.6 Å². The lowest BCUT2D eigenvalue weighted by molar-refractivity contribution is -0.131. The summed E-state index contributed by atoms with van der Waals surface area (Å²) in [6.45, 7) is 4.37. The van der Waals surface area contributed by atoms with E-state index in [1.54, 1.807) is 41.3 Å². The summed E-state index contributed by atoms with van der Waals surface area (Å²) in [6.07, 6.45) is 1.29. The van der Waals surface area contributed by atoms with E-state index in [1.165, 1.54) is 6.92 Å². The highest BCUT2D eigenvalue weighted by Gasteiger charge is 2.28. The zero-order valence-corrected chi connectivity index (χ0v) is 20.5. The van der Waals surface area contributed by atoms with Crippen LogP contribution >= 0.6 is 0 Å². The molecule has 0 saturated carbocycles. The number of nitrogens with one attached hydrogen (secondary N) is 1. The summed E-state index contributed by atoms with van der Waals surface area (Å²) in [6, 6.07) is 13.8. The molecule has 1 aliphatic heterocycles. The molecule has 0 atom stereocenters. The molecule has 10 heteroatoms. The van der Waals surface area contributed by atoms with E-state index in [1.807, 2.05) is 19.1 Å². The largest absolute Gasteiger partial charge is 0.343 e. The first-order valence-corrected chi connectivity index (χ1v) is 13.2. The molecule has 1 saturated heterocycles.